The molecule has 1 aliphatic rings. The molecule has 39 heavy (non-hydrogen) atoms. The largest absolute Gasteiger partial charge is 0.481 e. The molecule has 0 bridgehead atoms. The highest BCUT2D eigenvalue weighted by molar-refractivity contribution is 5.88. The molecule has 7 N–H and O–H groups in total. The van der Waals surface area contributed by atoms with Crippen LogP contribution in [0.1, 0.15) is 49.1 Å². The van der Waals surface area contributed by atoms with Crippen LogP contribution in [0.25, 0.3) is 0 Å². The highest BCUT2D eigenvalue weighted by Crippen LogP contribution is 2.36. The zero-order valence-corrected chi connectivity index (χ0v) is 21.8. The summed E-state index contributed by atoms with van der Waals surface area (Å²) in [7, 11) is 1.52. The molecule has 0 unspecified atom stereocenters. The zero-order valence-electron chi connectivity index (χ0n) is 21.8. The first-order valence-electron chi connectivity index (χ1n) is 12.7. The average Bonchev–Trinajstić information content (AvgIpc) is 3.39. The Bertz CT molecular complexity index is 1160. The van der Waals surface area contributed by atoms with E-state index < -0.39 is 23.8 Å². The van der Waals surface area contributed by atoms with E-state index in [-0.39, 0.29) is 38.1 Å². The molecule has 2 aromatic rings. The number of anilines is 1. The number of amides is 4. The van der Waals surface area contributed by atoms with Crippen molar-refractivity contribution in [3.8, 4) is 11.5 Å². The second-order valence-corrected chi connectivity index (χ2v) is 9.19. The molecule has 1 aliphatic heterocycles. The first-order chi connectivity index (χ1) is 18.7. The molecule has 0 saturated heterocycles. The molecule has 2 atom stereocenters. The maximum absolute atomic E-state index is 13.1. The molecule has 0 saturated carbocycles. The van der Waals surface area contributed by atoms with E-state index in [1.165, 1.54) is 7.05 Å². The van der Waals surface area contributed by atoms with Crippen LogP contribution in [0.5, 0.6) is 11.5 Å². The fourth-order valence-electron chi connectivity index (χ4n) is 4.14. The summed E-state index contributed by atoms with van der Waals surface area (Å²) in [5.74, 6) is -1.44. The van der Waals surface area contributed by atoms with Gasteiger partial charge in [-0.3, -0.25) is 14.4 Å². The molecule has 210 valence electrons. The number of unbranched alkanes of at least 4 members (excludes halogenated alkanes) is 1. The predicted octanol–water partition coefficient (Wildman–Crippen LogP) is 1.85. The molecule has 0 aliphatic carbocycles. The smallest absolute Gasteiger partial charge is 0.314 e. The first kappa shape index (κ1) is 29.1. The maximum atomic E-state index is 13.1. The Morgan fingerprint density at radius 1 is 0.974 bits per heavy atom. The van der Waals surface area contributed by atoms with E-state index in [9.17, 15) is 24.3 Å². The standard InChI is InChI=1S/C27H35N5O7/c1-29-27(37)30-11-3-2-4-21(26(36)31-15-17-5-8-20(28)9-6-17)32-24(33)13-19(14-25(34)35)18-7-10-22-23(12-18)39-16-38-22/h5-10,12,19,21H,2-4,11,13-16,28H2,1H3,(H,31,36)(H,32,33)(H,34,35)(H2,29,30,37)/t19-,21-/m0/s1. The van der Waals surface area contributed by atoms with Gasteiger partial charge >= 0.3 is 12.0 Å². The molecule has 0 fully saturated rings. The number of ether oxygens (including phenoxy) is 2. The molecule has 4 amide bonds. The quantitative estimate of drug-likeness (QED) is 0.155. The number of nitrogen functional groups attached to an aromatic ring is 1. The number of fused-ring (bicyclic) bond motifs is 1. The lowest BCUT2D eigenvalue weighted by molar-refractivity contribution is -0.137. The zero-order chi connectivity index (χ0) is 28.2. The van der Waals surface area contributed by atoms with Crippen LogP contribution in [0.4, 0.5) is 10.5 Å². The van der Waals surface area contributed by atoms with Gasteiger partial charge in [-0.05, 0) is 54.7 Å². The highest BCUT2D eigenvalue weighted by Gasteiger charge is 2.26. The number of benzene rings is 2. The van der Waals surface area contributed by atoms with Gasteiger partial charge in [0.1, 0.15) is 6.04 Å². The van der Waals surface area contributed by atoms with Gasteiger partial charge < -0.3 is 41.6 Å². The van der Waals surface area contributed by atoms with Crippen molar-refractivity contribution in [3.05, 3.63) is 53.6 Å². The molecule has 0 spiro atoms. The van der Waals surface area contributed by atoms with Gasteiger partial charge in [-0.2, -0.15) is 0 Å². The molecule has 1 heterocycles. The van der Waals surface area contributed by atoms with E-state index in [2.05, 4.69) is 21.3 Å². The van der Waals surface area contributed by atoms with Crippen molar-refractivity contribution < 1.29 is 33.8 Å². The van der Waals surface area contributed by atoms with Gasteiger partial charge in [-0.15, -0.1) is 0 Å². The topological polar surface area (TPSA) is 181 Å². The van der Waals surface area contributed by atoms with Crippen LogP contribution in [0, 0.1) is 0 Å². The Morgan fingerprint density at radius 2 is 1.72 bits per heavy atom. The number of hydrogen-bond acceptors (Lipinski definition) is 7. The maximum Gasteiger partial charge on any atom is 0.314 e. The molecule has 12 nitrogen and oxygen atoms in total. The third kappa shape index (κ3) is 9.40. The van der Waals surface area contributed by atoms with Crippen molar-refractivity contribution in [3.63, 3.8) is 0 Å². The minimum Gasteiger partial charge on any atom is -0.481 e. The predicted molar refractivity (Wildman–Crippen MR) is 143 cm³/mol. The molecule has 2 aromatic carbocycles. The van der Waals surface area contributed by atoms with Crippen molar-refractivity contribution >= 4 is 29.5 Å². The summed E-state index contributed by atoms with van der Waals surface area (Å²) in [6.07, 6.45) is 1.09. The number of carbonyl (C=O) groups excluding carboxylic acids is 3. The van der Waals surface area contributed by atoms with Crippen molar-refractivity contribution in [1.82, 2.24) is 21.3 Å². The summed E-state index contributed by atoms with van der Waals surface area (Å²) in [4.78, 5) is 49.0. The Hall–Kier alpha value is -4.48. The molecule has 0 aromatic heterocycles. The number of rotatable bonds is 14. The number of nitrogens with two attached hydrogens (primary N) is 1. The van der Waals surface area contributed by atoms with Crippen LogP contribution in [0.15, 0.2) is 42.5 Å². The Balaban J connectivity index is 1.64. The number of carbonyl (C=O) groups is 4. The molecular formula is C27H35N5O7. The monoisotopic (exact) mass is 541 g/mol. The fraction of sp³-hybridized carbons (Fsp3) is 0.407. The van der Waals surface area contributed by atoms with Crippen molar-refractivity contribution in [2.24, 2.45) is 0 Å². The van der Waals surface area contributed by atoms with E-state index >= 15 is 0 Å². The summed E-state index contributed by atoms with van der Waals surface area (Å²) < 4.78 is 10.7. The third-order valence-corrected chi connectivity index (χ3v) is 6.25. The molecule has 12 heteroatoms. The Kier molecular flexibility index (Phi) is 10.8. The number of hydrogen-bond donors (Lipinski definition) is 6. The Labute approximate surface area is 226 Å². The van der Waals surface area contributed by atoms with Gasteiger partial charge in [0, 0.05) is 38.2 Å². The summed E-state index contributed by atoms with van der Waals surface area (Å²) in [6, 6.07) is 11.0. The summed E-state index contributed by atoms with van der Waals surface area (Å²) in [6.45, 7) is 0.745. The van der Waals surface area contributed by atoms with Gasteiger partial charge in [0.2, 0.25) is 18.6 Å². The van der Waals surface area contributed by atoms with E-state index in [0.717, 1.165) is 5.56 Å². The van der Waals surface area contributed by atoms with Gasteiger partial charge in [0.05, 0.1) is 6.42 Å². The van der Waals surface area contributed by atoms with Gasteiger partial charge in [-0.1, -0.05) is 18.2 Å². The SMILES string of the molecule is CNC(=O)NCCCC[C@H](NC(=O)C[C@@H](CC(=O)O)c1ccc2c(c1)OCO2)C(=O)NCc1ccc(N)cc1. The minimum absolute atomic E-state index is 0.0780. The highest BCUT2D eigenvalue weighted by atomic mass is 16.7. The van der Waals surface area contributed by atoms with Crippen LogP contribution in [0.3, 0.4) is 0 Å². The first-order valence-corrected chi connectivity index (χ1v) is 12.7. The number of urea groups is 1. The van der Waals surface area contributed by atoms with Gasteiger partial charge in [0.25, 0.3) is 0 Å². The van der Waals surface area contributed by atoms with Crippen LogP contribution in [-0.4, -0.2) is 55.3 Å². The fourth-order valence-corrected chi connectivity index (χ4v) is 4.14. The number of carboxylic acids is 1. The van der Waals surface area contributed by atoms with Crippen LogP contribution >= 0.6 is 0 Å². The second kappa shape index (κ2) is 14.5. The number of nitrogens with one attached hydrogen (secondary N) is 4. The summed E-state index contributed by atoms with van der Waals surface area (Å²) in [5, 5.41) is 20.2. The minimum atomic E-state index is -1.05. The number of carboxylic acid groups (broad SMARTS) is 1. The van der Waals surface area contributed by atoms with Crippen molar-refractivity contribution in [2.45, 2.75) is 50.6 Å². The van der Waals surface area contributed by atoms with Crippen LogP contribution in [0.2, 0.25) is 0 Å². The third-order valence-electron chi connectivity index (χ3n) is 6.25. The van der Waals surface area contributed by atoms with Crippen molar-refractivity contribution in [1.29, 1.82) is 0 Å². The molecule has 0 radical (unpaired) electrons. The van der Waals surface area contributed by atoms with Gasteiger partial charge in [-0.25, -0.2) is 4.79 Å². The lowest BCUT2D eigenvalue weighted by Gasteiger charge is -2.21. The van der Waals surface area contributed by atoms with E-state index in [1.807, 2.05) is 0 Å². The summed E-state index contributed by atoms with van der Waals surface area (Å²) >= 11 is 0. The van der Waals surface area contributed by atoms with Gasteiger partial charge in [0.15, 0.2) is 11.5 Å². The van der Waals surface area contributed by atoms with E-state index in [1.54, 1.807) is 42.5 Å². The lowest BCUT2D eigenvalue weighted by atomic mass is 9.91. The lowest BCUT2D eigenvalue weighted by Crippen LogP contribution is -2.47. The number of aliphatic carboxylic acids is 1. The van der Waals surface area contributed by atoms with E-state index in [0.29, 0.717) is 48.6 Å². The van der Waals surface area contributed by atoms with E-state index in [4.69, 9.17) is 15.2 Å². The Morgan fingerprint density at radius 3 is 2.44 bits per heavy atom. The average molecular weight is 542 g/mol. The molecule has 3 rings (SSSR count). The van der Waals surface area contributed by atoms with Crippen LogP contribution < -0.4 is 36.5 Å². The van der Waals surface area contributed by atoms with Crippen molar-refractivity contribution in [2.75, 3.05) is 26.1 Å². The summed E-state index contributed by atoms with van der Waals surface area (Å²) in [5.41, 5.74) is 7.80. The normalized spacial score (nSPS) is 13.2. The van der Waals surface area contributed by atoms with Crippen LogP contribution in [-0.2, 0) is 20.9 Å². The second-order valence-electron chi connectivity index (χ2n) is 9.19. The molecular weight excluding hydrogens is 506 g/mol.